The number of carbonyl (C=O) groups is 2. The molecular formula is C20H11Cl3O2. The van der Waals surface area contributed by atoms with Gasteiger partial charge in [0.15, 0.2) is 11.6 Å². The van der Waals surface area contributed by atoms with Gasteiger partial charge in [0.05, 0.1) is 0 Å². The van der Waals surface area contributed by atoms with Crippen molar-refractivity contribution in [2.45, 2.75) is 0 Å². The minimum Gasteiger partial charge on any atom is -0.289 e. The molecule has 0 saturated heterocycles. The van der Waals surface area contributed by atoms with Crippen molar-refractivity contribution in [1.82, 2.24) is 0 Å². The maximum atomic E-state index is 12.6. The molecule has 0 unspecified atom stereocenters. The van der Waals surface area contributed by atoms with Crippen molar-refractivity contribution < 1.29 is 9.59 Å². The van der Waals surface area contributed by atoms with Crippen molar-refractivity contribution in [3.63, 3.8) is 0 Å². The molecular weight excluding hydrogens is 379 g/mol. The Morgan fingerprint density at radius 1 is 0.480 bits per heavy atom. The second kappa shape index (κ2) is 7.40. The van der Waals surface area contributed by atoms with Crippen LogP contribution in [0.3, 0.4) is 0 Å². The zero-order chi connectivity index (χ0) is 18.0. The van der Waals surface area contributed by atoms with Gasteiger partial charge >= 0.3 is 0 Å². The molecule has 0 saturated carbocycles. The normalized spacial score (nSPS) is 10.5. The summed E-state index contributed by atoms with van der Waals surface area (Å²) >= 11 is 17.8. The first-order chi connectivity index (χ1) is 11.9. The van der Waals surface area contributed by atoms with Gasteiger partial charge in [-0.05, 0) is 66.7 Å². The Balaban J connectivity index is 1.97. The van der Waals surface area contributed by atoms with E-state index < -0.39 is 0 Å². The van der Waals surface area contributed by atoms with Gasteiger partial charge in [0.1, 0.15) is 0 Å². The molecule has 0 aliphatic heterocycles. The fraction of sp³-hybridized carbons (Fsp3) is 0. The van der Waals surface area contributed by atoms with E-state index in [0.29, 0.717) is 37.3 Å². The van der Waals surface area contributed by atoms with E-state index in [0.717, 1.165) is 0 Å². The summed E-state index contributed by atoms with van der Waals surface area (Å²) in [6.45, 7) is 0. The van der Waals surface area contributed by atoms with Gasteiger partial charge in [0, 0.05) is 37.3 Å². The first-order valence-electron chi connectivity index (χ1n) is 7.35. The van der Waals surface area contributed by atoms with Gasteiger partial charge in [0.2, 0.25) is 0 Å². The molecule has 0 aromatic heterocycles. The lowest BCUT2D eigenvalue weighted by molar-refractivity contribution is 0.103. The summed E-state index contributed by atoms with van der Waals surface area (Å²) in [5, 5.41) is 1.40. The van der Waals surface area contributed by atoms with Crippen LogP contribution in [0.4, 0.5) is 0 Å². The van der Waals surface area contributed by atoms with Crippen LogP contribution in [-0.4, -0.2) is 11.6 Å². The lowest BCUT2D eigenvalue weighted by atomic mass is 9.97. The Kier molecular flexibility index (Phi) is 5.24. The molecule has 0 amide bonds. The van der Waals surface area contributed by atoms with Crippen molar-refractivity contribution in [2.75, 3.05) is 0 Å². The van der Waals surface area contributed by atoms with Crippen LogP contribution in [0.5, 0.6) is 0 Å². The molecule has 0 aliphatic rings. The van der Waals surface area contributed by atoms with Gasteiger partial charge in [-0.15, -0.1) is 0 Å². The molecule has 124 valence electrons. The van der Waals surface area contributed by atoms with Crippen molar-refractivity contribution >= 4 is 46.4 Å². The maximum Gasteiger partial charge on any atom is 0.193 e. The predicted molar refractivity (Wildman–Crippen MR) is 101 cm³/mol. The average molecular weight is 390 g/mol. The first-order valence-corrected chi connectivity index (χ1v) is 8.48. The Morgan fingerprint density at radius 3 is 1.20 bits per heavy atom. The first kappa shape index (κ1) is 17.7. The van der Waals surface area contributed by atoms with Crippen LogP contribution in [0.25, 0.3) is 0 Å². The highest BCUT2D eigenvalue weighted by Gasteiger charge is 2.15. The largest absolute Gasteiger partial charge is 0.289 e. The fourth-order valence-corrected chi connectivity index (χ4v) is 2.87. The third kappa shape index (κ3) is 4.10. The molecule has 25 heavy (non-hydrogen) atoms. The number of benzene rings is 3. The number of rotatable bonds is 4. The topological polar surface area (TPSA) is 34.1 Å². The zero-order valence-electron chi connectivity index (χ0n) is 12.8. The van der Waals surface area contributed by atoms with Crippen molar-refractivity contribution in [2.24, 2.45) is 0 Å². The minimum atomic E-state index is -0.232. The van der Waals surface area contributed by atoms with Crippen LogP contribution >= 0.6 is 34.8 Å². The highest BCUT2D eigenvalue weighted by molar-refractivity contribution is 6.32. The van der Waals surface area contributed by atoms with E-state index in [1.54, 1.807) is 54.6 Å². The van der Waals surface area contributed by atoms with E-state index >= 15 is 0 Å². The van der Waals surface area contributed by atoms with Crippen molar-refractivity contribution in [1.29, 1.82) is 0 Å². The molecule has 0 heterocycles. The highest BCUT2D eigenvalue weighted by Crippen LogP contribution is 2.22. The Morgan fingerprint density at radius 2 is 0.840 bits per heavy atom. The van der Waals surface area contributed by atoms with Crippen LogP contribution in [0.1, 0.15) is 31.8 Å². The Bertz CT molecular complexity index is 870. The smallest absolute Gasteiger partial charge is 0.193 e. The standard InChI is InChI=1S/C20H11Cl3O2/c21-16-5-1-12(2-6-16)19(24)14-9-15(11-18(23)10-14)20(25)13-3-7-17(22)8-4-13/h1-11H. The van der Waals surface area contributed by atoms with Crippen LogP contribution in [0, 0.1) is 0 Å². The number of hydrogen-bond donors (Lipinski definition) is 0. The second-order valence-corrected chi connectivity index (χ2v) is 6.71. The molecule has 5 heteroatoms. The van der Waals surface area contributed by atoms with E-state index in [2.05, 4.69) is 0 Å². The van der Waals surface area contributed by atoms with Gasteiger partial charge < -0.3 is 0 Å². The minimum absolute atomic E-state index is 0.232. The molecule has 3 aromatic rings. The van der Waals surface area contributed by atoms with E-state index in [4.69, 9.17) is 34.8 Å². The average Bonchev–Trinajstić information content (AvgIpc) is 2.61. The summed E-state index contributed by atoms with van der Waals surface area (Å²) < 4.78 is 0. The summed E-state index contributed by atoms with van der Waals surface area (Å²) in [6, 6.07) is 17.7. The third-order valence-electron chi connectivity index (χ3n) is 3.63. The van der Waals surface area contributed by atoms with E-state index in [9.17, 15) is 9.59 Å². The summed E-state index contributed by atoms with van der Waals surface area (Å²) in [6.07, 6.45) is 0. The summed E-state index contributed by atoms with van der Waals surface area (Å²) in [5.74, 6) is -0.464. The molecule has 3 rings (SSSR count). The molecule has 0 bridgehead atoms. The van der Waals surface area contributed by atoms with Gasteiger partial charge in [-0.25, -0.2) is 0 Å². The molecule has 0 N–H and O–H groups in total. The molecule has 0 radical (unpaired) electrons. The SMILES string of the molecule is O=C(c1ccc(Cl)cc1)c1cc(Cl)cc(C(=O)c2ccc(Cl)cc2)c1. The lowest BCUT2D eigenvalue weighted by Gasteiger charge is -2.07. The molecule has 0 fully saturated rings. The highest BCUT2D eigenvalue weighted by atomic mass is 35.5. The summed E-state index contributed by atoms with van der Waals surface area (Å²) in [5.41, 5.74) is 1.62. The van der Waals surface area contributed by atoms with E-state index in [1.165, 1.54) is 12.1 Å². The van der Waals surface area contributed by atoms with Crippen LogP contribution in [0.15, 0.2) is 66.7 Å². The summed E-state index contributed by atoms with van der Waals surface area (Å²) in [4.78, 5) is 25.3. The van der Waals surface area contributed by atoms with Crippen LogP contribution in [-0.2, 0) is 0 Å². The third-order valence-corrected chi connectivity index (χ3v) is 4.36. The molecule has 3 aromatic carbocycles. The monoisotopic (exact) mass is 388 g/mol. The Labute approximate surface area is 160 Å². The predicted octanol–water partition coefficient (Wildman–Crippen LogP) is 6.11. The Hall–Kier alpha value is -2.13. The maximum absolute atomic E-state index is 12.6. The molecule has 0 spiro atoms. The number of carbonyl (C=O) groups excluding carboxylic acids is 2. The summed E-state index contributed by atoms with van der Waals surface area (Å²) in [7, 11) is 0. The fourth-order valence-electron chi connectivity index (χ4n) is 2.39. The molecule has 2 nitrogen and oxygen atoms in total. The van der Waals surface area contributed by atoms with Gasteiger partial charge in [-0.1, -0.05) is 34.8 Å². The van der Waals surface area contributed by atoms with Crippen molar-refractivity contribution in [3.8, 4) is 0 Å². The number of ketones is 2. The zero-order valence-corrected chi connectivity index (χ0v) is 15.1. The van der Waals surface area contributed by atoms with Gasteiger partial charge in [-0.3, -0.25) is 9.59 Å². The number of hydrogen-bond acceptors (Lipinski definition) is 2. The van der Waals surface area contributed by atoms with Gasteiger partial charge in [-0.2, -0.15) is 0 Å². The van der Waals surface area contributed by atoms with Crippen LogP contribution in [0.2, 0.25) is 15.1 Å². The van der Waals surface area contributed by atoms with Crippen molar-refractivity contribution in [3.05, 3.63) is 104 Å². The van der Waals surface area contributed by atoms with Crippen LogP contribution < -0.4 is 0 Å². The van der Waals surface area contributed by atoms with Gasteiger partial charge in [0.25, 0.3) is 0 Å². The lowest BCUT2D eigenvalue weighted by Crippen LogP contribution is -2.06. The quantitative estimate of drug-likeness (QED) is 0.505. The van der Waals surface area contributed by atoms with E-state index in [-0.39, 0.29) is 11.6 Å². The second-order valence-electron chi connectivity index (χ2n) is 5.40. The number of halogens is 3. The van der Waals surface area contributed by atoms with E-state index in [1.807, 2.05) is 0 Å². The molecule has 0 atom stereocenters. The molecule has 0 aliphatic carbocycles.